The average Bonchev–Trinajstić information content (AvgIpc) is 2.43. The van der Waals surface area contributed by atoms with Crippen LogP contribution in [-0.4, -0.2) is 4.98 Å². The maximum absolute atomic E-state index is 13.7. The SMILES string of the molecule is CCCc1cc(F)cc(-c2ccnc(C#N)c2)c1N. The molecule has 1 aromatic carbocycles. The Balaban J connectivity index is 2.58. The molecule has 0 atom stereocenters. The molecular weight excluding hydrogens is 241 g/mol. The van der Waals surface area contributed by atoms with Crippen LogP contribution >= 0.6 is 0 Å². The molecule has 0 aliphatic rings. The zero-order valence-electron chi connectivity index (χ0n) is 10.7. The van der Waals surface area contributed by atoms with E-state index in [2.05, 4.69) is 4.98 Å². The van der Waals surface area contributed by atoms with Crippen LogP contribution in [0.3, 0.4) is 0 Å². The van der Waals surface area contributed by atoms with Crippen molar-refractivity contribution in [2.24, 2.45) is 0 Å². The largest absolute Gasteiger partial charge is 0.398 e. The van der Waals surface area contributed by atoms with Gasteiger partial charge < -0.3 is 5.73 Å². The Bertz CT molecular complexity index is 644. The van der Waals surface area contributed by atoms with Gasteiger partial charge in [-0.1, -0.05) is 13.3 Å². The number of nitrogens with two attached hydrogens (primary N) is 1. The standard InChI is InChI=1S/C15H14FN3/c1-2-3-11-6-12(16)8-14(15(11)18)10-4-5-19-13(7-10)9-17/h4-8H,2-3,18H2,1H3. The molecule has 0 saturated heterocycles. The van der Waals surface area contributed by atoms with Crippen LogP contribution in [0.25, 0.3) is 11.1 Å². The number of aryl methyl sites for hydroxylation is 1. The fraction of sp³-hybridized carbons (Fsp3) is 0.200. The van der Waals surface area contributed by atoms with Crippen LogP contribution in [-0.2, 0) is 6.42 Å². The fourth-order valence-electron chi connectivity index (χ4n) is 2.05. The first-order valence-corrected chi connectivity index (χ1v) is 6.10. The van der Waals surface area contributed by atoms with Gasteiger partial charge in [0.25, 0.3) is 0 Å². The lowest BCUT2D eigenvalue weighted by atomic mass is 9.98. The van der Waals surface area contributed by atoms with E-state index in [9.17, 15) is 4.39 Å². The second kappa shape index (κ2) is 5.49. The molecule has 0 amide bonds. The summed E-state index contributed by atoms with van der Waals surface area (Å²) in [5.74, 6) is -0.317. The molecule has 2 rings (SSSR count). The summed E-state index contributed by atoms with van der Waals surface area (Å²) < 4.78 is 13.7. The Hall–Kier alpha value is -2.41. The van der Waals surface area contributed by atoms with Crippen molar-refractivity contribution in [1.29, 1.82) is 5.26 Å². The van der Waals surface area contributed by atoms with Crippen LogP contribution in [0.4, 0.5) is 10.1 Å². The quantitative estimate of drug-likeness (QED) is 0.856. The number of hydrogen-bond donors (Lipinski definition) is 1. The highest BCUT2D eigenvalue weighted by molar-refractivity contribution is 5.79. The van der Waals surface area contributed by atoms with E-state index >= 15 is 0 Å². The Morgan fingerprint density at radius 3 is 2.84 bits per heavy atom. The van der Waals surface area contributed by atoms with Crippen molar-refractivity contribution in [1.82, 2.24) is 4.98 Å². The molecule has 0 saturated carbocycles. The molecule has 0 unspecified atom stereocenters. The zero-order chi connectivity index (χ0) is 13.8. The van der Waals surface area contributed by atoms with Crippen LogP contribution in [0.5, 0.6) is 0 Å². The molecule has 0 aliphatic heterocycles. The van der Waals surface area contributed by atoms with Gasteiger partial charge >= 0.3 is 0 Å². The Morgan fingerprint density at radius 1 is 1.37 bits per heavy atom. The lowest BCUT2D eigenvalue weighted by Crippen LogP contribution is -1.99. The summed E-state index contributed by atoms with van der Waals surface area (Å²) in [6, 6.07) is 8.16. The number of anilines is 1. The van der Waals surface area contributed by atoms with Gasteiger partial charge in [-0.2, -0.15) is 5.26 Å². The number of rotatable bonds is 3. The Labute approximate surface area is 111 Å². The summed E-state index contributed by atoms with van der Waals surface area (Å²) in [5, 5.41) is 8.85. The maximum Gasteiger partial charge on any atom is 0.141 e. The second-order valence-electron chi connectivity index (χ2n) is 4.32. The maximum atomic E-state index is 13.7. The summed E-state index contributed by atoms with van der Waals surface area (Å²) in [4.78, 5) is 3.90. The van der Waals surface area contributed by atoms with Crippen molar-refractivity contribution in [3.05, 3.63) is 47.5 Å². The van der Waals surface area contributed by atoms with E-state index in [1.165, 1.54) is 18.3 Å². The van der Waals surface area contributed by atoms with Gasteiger partial charge in [-0.05, 0) is 41.8 Å². The third kappa shape index (κ3) is 2.71. The molecule has 0 radical (unpaired) electrons. The van der Waals surface area contributed by atoms with E-state index in [-0.39, 0.29) is 5.82 Å². The highest BCUT2D eigenvalue weighted by atomic mass is 19.1. The number of nitriles is 1. The van der Waals surface area contributed by atoms with Crippen molar-refractivity contribution in [2.45, 2.75) is 19.8 Å². The molecule has 0 aliphatic carbocycles. The van der Waals surface area contributed by atoms with Gasteiger partial charge in [0, 0.05) is 17.4 Å². The molecule has 96 valence electrons. The molecule has 2 N–H and O–H groups in total. The van der Waals surface area contributed by atoms with E-state index in [4.69, 9.17) is 11.0 Å². The lowest BCUT2D eigenvalue weighted by Gasteiger charge is -2.11. The lowest BCUT2D eigenvalue weighted by molar-refractivity contribution is 0.626. The molecule has 3 nitrogen and oxygen atoms in total. The normalized spacial score (nSPS) is 10.2. The van der Waals surface area contributed by atoms with Crippen molar-refractivity contribution < 1.29 is 4.39 Å². The highest BCUT2D eigenvalue weighted by Gasteiger charge is 2.10. The van der Waals surface area contributed by atoms with Crippen LogP contribution < -0.4 is 5.73 Å². The predicted octanol–water partition coefficient (Wildman–Crippen LogP) is 3.29. The summed E-state index contributed by atoms with van der Waals surface area (Å²) >= 11 is 0. The number of nitrogens with zero attached hydrogens (tertiary/aromatic N) is 2. The second-order valence-corrected chi connectivity index (χ2v) is 4.32. The van der Waals surface area contributed by atoms with Crippen molar-refractivity contribution in [3.63, 3.8) is 0 Å². The molecule has 19 heavy (non-hydrogen) atoms. The summed E-state index contributed by atoms with van der Waals surface area (Å²) in [6.07, 6.45) is 3.15. The van der Waals surface area contributed by atoms with E-state index < -0.39 is 0 Å². The number of benzene rings is 1. The molecule has 4 heteroatoms. The average molecular weight is 255 g/mol. The van der Waals surface area contributed by atoms with Crippen molar-refractivity contribution in [3.8, 4) is 17.2 Å². The van der Waals surface area contributed by atoms with Crippen LogP contribution in [0.2, 0.25) is 0 Å². The predicted molar refractivity (Wildman–Crippen MR) is 72.8 cm³/mol. The third-order valence-electron chi connectivity index (χ3n) is 2.94. The highest BCUT2D eigenvalue weighted by Crippen LogP contribution is 2.30. The summed E-state index contributed by atoms with van der Waals surface area (Å²) in [7, 11) is 0. The first-order valence-electron chi connectivity index (χ1n) is 6.10. The molecule has 1 aromatic heterocycles. The first-order chi connectivity index (χ1) is 9.15. The number of aromatic nitrogens is 1. The number of pyridine rings is 1. The van der Waals surface area contributed by atoms with Gasteiger partial charge in [-0.3, -0.25) is 0 Å². The summed E-state index contributed by atoms with van der Waals surface area (Å²) in [6.45, 7) is 2.02. The Kier molecular flexibility index (Phi) is 3.76. The molecule has 0 bridgehead atoms. The van der Waals surface area contributed by atoms with E-state index in [1.54, 1.807) is 12.1 Å². The number of hydrogen-bond acceptors (Lipinski definition) is 3. The molecular formula is C15H14FN3. The van der Waals surface area contributed by atoms with Gasteiger partial charge in [0.2, 0.25) is 0 Å². The smallest absolute Gasteiger partial charge is 0.141 e. The van der Waals surface area contributed by atoms with Gasteiger partial charge in [-0.15, -0.1) is 0 Å². The third-order valence-corrected chi connectivity index (χ3v) is 2.94. The van der Waals surface area contributed by atoms with Crippen LogP contribution in [0, 0.1) is 17.1 Å². The van der Waals surface area contributed by atoms with E-state index in [0.717, 1.165) is 18.4 Å². The zero-order valence-corrected chi connectivity index (χ0v) is 10.7. The minimum atomic E-state index is -0.317. The molecule has 0 spiro atoms. The van der Waals surface area contributed by atoms with Crippen LogP contribution in [0.1, 0.15) is 24.6 Å². The number of halogens is 1. The molecule has 0 fully saturated rings. The minimum absolute atomic E-state index is 0.290. The van der Waals surface area contributed by atoms with Crippen molar-refractivity contribution >= 4 is 5.69 Å². The van der Waals surface area contributed by atoms with Gasteiger partial charge in [-0.25, -0.2) is 9.37 Å². The monoisotopic (exact) mass is 255 g/mol. The van der Waals surface area contributed by atoms with Crippen molar-refractivity contribution in [2.75, 3.05) is 5.73 Å². The number of nitrogen functional groups attached to an aromatic ring is 1. The first kappa shape index (κ1) is 13.0. The molecule has 1 heterocycles. The minimum Gasteiger partial charge on any atom is -0.398 e. The topological polar surface area (TPSA) is 62.7 Å². The van der Waals surface area contributed by atoms with E-state index in [0.29, 0.717) is 22.5 Å². The summed E-state index contributed by atoms with van der Waals surface area (Å²) in [5.41, 5.74) is 9.07. The van der Waals surface area contributed by atoms with Gasteiger partial charge in [0.05, 0.1) is 0 Å². The Morgan fingerprint density at radius 2 is 2.16 bits per heavy atom. The fourth-order valence-corrected chi connectivity index (χ4v) is 2.05. The van der Waals surface area contributed by atoms with Gasteiger partial charge in [0.1, 0.15) is 17.6 Å². The van der Waals surface area contributed by atoms with E-state index in [1.807, 2.05) is 13.0 Å². The molecule has 2 aromatic rings. The van der Waals surface area contributed by atoms with Gasteiger partial charge in [0.15, 0.2) is 0 Å². The van der Waals surface area contributed by atoms with Crippen LogP contribution in [0.15, 0.2) is 30.5 Å².